The Bertz CT molecular complexity index is 1880. The number of H-pyrrole nitrogens is 2. The summed E-state index contributed by atoms with van der Waals surface area (Å²) in [4.78, 5) is 54.8. The Morgan fingerprint density at radius 3 is 2.39 bits per heavy atom. The number of carbonyl (C=O) groups is 2. The lowest BCUT2D eigenvalue weighted by molar-refractivity contribution is -0.272. The highest BCUT2D eigenvalue weighted by atomic mass is 17.2. The molecular weight excluding hydrogens is 576 g/mol. The summed E-state index contributed by atoms with van der Waals surface area (Å²) in [7, 11) is 1.52. The fourth-order valence-electron chi connectivity index (χ4n) is 7.56. The molecule has 2 N–H and O–H groups in total. The Morgan fingerprint density at radius 1 is 1.02 bits per heavy atom. The van der Waals surface area contributed by atoms with Gasteiger partial charge in [-0.15, -0.1) is 0 Å². The smallest absolute Gasteiger partial charge is 0.169 e. The van der Waals surface area contributed by atoms with Crippen LogP contribution < -0.4 is 0 Å². The second-order valence-electron chi connectivity index (χ2n) is 14.6. The second kappa shape index (κ2) is 12.2. The molecule has 8 nitrogen and oxygen atoms in total. The summed E-state index contributed by atoms with van der Waals surface area (Å²) in [6.07, 6.45) is 4.17. The van der Waals surface area contributed by atoms with Gasteiger partial charge in [-0.1, -0.05) is 41.0 Å². The van der Waals surface area contributed by atoms with Crippen molar-refractivity contribution in [2.24, 2.45) is 5.92 Å². The van der Waals surface area contributed by atoms with Crippen molar-refractivity contribution in [2.45, 2.75) is 111 Å². The summed E-state index contributed by atoms with van der Waals surface area (Å²) in [5, 5.41) is 0. The molecule has 0 radical (unpaired) electrons. The summed E-state index contributed by atoms with van der Waals surface area (Å²) in [5.41, 5.74) is 11.4. The summed E-state index contributed by atoms with van der Waals surface area (Å²) in [5.74, 6) is 1.29. The fraction of sp³-hybridized carbons (Fsp3) is 0.526. The van der Waals surface area contributed by atoms with Crippen LogP contribution in [0.1, 0.15) is 145 Å². The van der Waals surface area contributed by atoms with Gasteiger partial charge in [0.25, 0.3) is 0 Å². The highest BCUT2D eigenvalue weighted by Gasteiger charge is 2.39. The molecule has 3 aromatic rings. The van der Waals surface area contributed by atoms with Gasteiger partial charge in [0.05, 0.1) is 30.4 Å². The minimum atomic E-state index is -0.283. The zero-order valence-corrected chi connectivity index (χ0v) is 28.8. The minimum Gasteiger partial charge on any atom is -0.355 e. The fourth-order valence-corrected chi connectivity index (χ4v) is 7.56. The van der Waals surface area contributed by atoms with Gasteiger partial charge in [-0.2, -0.15) is 0 Å². The van der Waals surface area contributed by atoms with Crippen LogP contribution in [0.25, 0.3) is 22.1 Å². The molecule has 1 unspecified atom stereocenters. The number of aryl methyl sites for hydroxylation is 2. The predicted octanol–water partition coefficient (Wildman–Crippen LogP) is 8.62. The van der Waals surface area contributed by atoms with Gasteiger partial charge >= 0.3 is 0 Å². The molecule has 46 heavy (non-hydrogen) atoms. The molecule has 8 heteroatoms. The molecule has 2 aliphatic carbocycles. The molecule has 4 atom stereocenters. The molecule has 0 saturated heterocycles. The van der Waals surface area contributed by atoms with Gasteiger partial charge in [-0.25, -0.2) is 9.78 Å². The van der Waals surface area contributed by atoms with E-state index < -0.39 is 0 Å². The van der Waals surface area contributed by atoms with Crippen LogP contribution in [-0.4, -0.2) is 45.2 Å². The molecule has 1 aliphatic heterocycles. The number of aromatic amines is 2. The number of hydrogen-bond acceptors (Lipinski definition) is 6. The average Bonchev–Trinajstić information content (AvgIpc) is 3.32. The molecule has 1 saturated carbocycles. The van der Waals surface area contributed by atoms with Gasteiger partial charge in [0.2, 0.25) is 0 Å². The minimum absolute atomic E-state index is 0.0151. The number of carbonyl (C=O) groups excluding carboxylic acids is 2. The van der Waals surface area contributed by atoms with Crippen molar-refractivity contribution in [3.63, 3.8) is 0 Å². The van der Waals surface area contributed by atoms with Crippen LogP contribution in [0, 0.1) is 19.8 Å². The third-order valence-electron chi connectivity index (χ3n) is 10.4. The maximum atomic E-state index is 13.6. The standard InChI is InChI=1S/C38H48N4O4/c1-10-23-14-25(23)30-17-29-21(4)35-32(44)15-26(37(35)42-29)36-24(12-11-13-46-45-9)19(2)27(41-36)16-28-20(3)34(22(5)43)31(39-28)18-33(40-30)38(6,7)8/h16-19,23-25,39,42H,10-15H2,1-9H3/t19-,23+,24-,25?/m0/s1. The van der Waals surface area contributed by atoms with Gasteiger partial charge in [0.1, 0.15) is 0 Å². The van der Waals surface area contributed by atoms with E-state index in [0.717, 1.165) is 92.8 Å². The van der Waals surface area contributed by atoms with E-state index >= 15 is 0 Å². The first-order valence-corrected chi connectivity index (χ1v) is 16.8. The predicted molar refractivity (Wildman–Crippen MR) is 182 cm³/mol. The molecule has 4 heterocycles. The van der Waals surface area contributed by atoms with E-state index in [0.29, 0.717) is 30.4 Å². The normalized spacial score (nSPS) is 21.2. The summed E-state index contributed by atoms with van der Waals surface area (Å²) in [6.45, 7) is 17.1. The molecule has 0 amide bonds. The zero-order chi connectivity index (χ0) is 33.1. The van der Waals surface area contributed by atoms with Crippen LogP contribution >= 0.6 is 0 Å². The first-order chi connectivity index (χ1) is 21.8. The van der Waals surface area contributed by atoms with Crippen LogP contribution in [0.5, 0.6) is 0 Å². The average molecular weight is 625 g/mol. The number of rotatable bonds is 8. The third kappa shape index (κ3) is 5.75. The molecule has 6 bridgehead atoms. The first-order valence-electron chi connectivity index (χ1n) is 16.8. The molecule has 6 rings (SSSR count). The number of nitrogens with one attached hydrogen (secondary N) is 2. The van der Waals surface area contributed by atoms with E-state index in [-0.39, 0.29) is 28.8 Å². The lowest BCUT2D eigenvalue weighted by atomic mass is 9.86. The Hall–Kier alpha value is -3.62. The SMILES string of the molecule is CC[C@@H]1CC1c1cc2[nH]c3c(c4nc(cc5[nH]c(cc(C(C)(C)C)n1)c(C(C)=O)c5C)[C@@H](C)[C@@H]4CCCOOC)CC(=O)c3c2C. The Morgan fingerprint density at radius 2 is 1.74 bits per heavy atom. The maximum absolute atomic E-state index is 13.6. The van der Waals surface area contributed by atoms with Crippen LogP contribution in [-0.2, 0) is 21.6 Å². The monoisotopic (exact) mass is 624 g/mol. The lowest BCUT2D eigenvalue weighted by Crippen LogP contribution is -2.13. The lowest BCUT2D eigenvalue weighted by Gasteiger charge is -2.17. The zero-order valence-electron chi connectivity index (χ0n) is 28.8. The molecule has 3 aromatic heterocycles. The highest BCUT2D eigenvalue weighted by molar-refractivity contribution is 6.13. The Kier molecular flexibility index (Phi) is 8.57. The number of fused-ring (bicyclic) bond motifs is 6. The third-order valence-corrected chi connectivity index (χ3v) is 10.4. The molecule has 3 aliphatic rings. The van der Waals surface area contributed by atoms with Crippen molar-refractivity contribution in [1.82, 2.24) is 19.9 Å². The summed E-state index contributed by atoms with van der Waals surface area (Å²) in [6, 6.07) is 6.34. The quantitative estimate of drug-likeness (QED) is 0.112. The van der Waals surface area contributed by atoms with E-state index in [4.69, 9.17) is 19.7 Å². The number of nitrogens with zero attached hydrogens (tertiary/aromatic N) is 2. The number of aromatic nitrogens is 4. The van der Waals surface area contributed by atoms with E-state index in [1.54, 1.807) is 6.92 Å². The van der Waals surface area contributed by atoms with Crippen LogP contribution in [0.15, 0.2) is 18.2 Å². The Balaban J connectivity index is 1.74. The van der Waals surface area contributed by atoms with Gasteiger partial charge in [0, 0.05) is 74.4 Å². The van der Waals surface area contributed by atoms with Crippen LogP contribution in [0.3, 0.4) is 0 Å². The number of hydrogen-bond donors (Lipinski definition) is 2. The van der Waals surface area contributed by atoms with Crippen molar-refractivity contribution in [3.05, 3.63) is 68.8 Å². The van der Waals surface area contributed by atoms with Crippen molar-refractivity contribution in [3.8, 4) is 0 Å². The van der Waals surface area contributed by atoms with Crippen molar-refractivity contribution < 1.29 is 19.4 Å². The van der Waals surface area contributed by atoms with E-state index in [2.05, 4.69) is 62.8 Å². The van der Waals surface area contributed by atoms with Crippen LogP contribution in [0.4, 0.5) is 0 Å². The molecule has 1 fully saturated rings. The molecule has 244 valence electrons. The molecule has 0 aromatic carbocycles. The van der Waals surface area contributed by atoms with Gasteiger partial charge in [-0.05, 0) is 75.3 Å². The van der Waals surface area contributed by atoms with E-state index in [1.165, 1.54) is 7.11 Å². The second-order valence-corrected chi connectivity index (χ2v) is 14.6. The van der Waals surface area contributed by atoms with Crippen LogP contribution in [0.2, 0.25) is 0 Å². The number of ketones is 2. The molecule has 0 spiro atoms. The van der Waals surface area contributed by atoms with Crippen molar-refractivity contribution in [1.29, 1.82) is 0 Å². The maximum Gasteiger partial charge on any atom is 0.169 e. The van der Waals surface area contributed by atoms with E-state index in [1.807, 2.05) is 13.8 Å². The highest BCUT2D eigenvalue weighted by Crippen LogP contribution is 2.49. The summed E-state index contributed by atoms with van der Waals surface area (Å²) >= 11 is 0. The van der Waals surface area contributed by atoms with Gasteiger partial charge in [-0.3, -0.25) is 19.6 Å². The topological polar surface area (TPSA) is 110 Å². The molecular formula is C38H48N4O4. The van der Waals surface area contributed by atoms with Crippen molar-refractivity contribution in [2.75, 3.05) is 13.7 Å². The largest absolute Gasteiger partial charge is 0.355 e. The summed E-state index contributed by atoms with van der Waals surface area (Å²) < 4.78 is 0. The van der Waals surface area contributed by atoms with Gasteiger partial charge in [0.15, 0.2) is 11.6 Å². The number of Topliss-reactive ketones (excluding diaryl/α,β-unsaturated/α-hetero) is 2. The Labute approximate surface area is 271 Å². The van der Waals surface area contributed by atoms with E-state index in [9.17, 15) is 9.59 Å². The van der Waals surface area contributed by atoms with Crippen molar-refractivity contribution >= 4 is 33.6 Å². The first kappa shape index (κ1) is 32.3. The van der Waals surface area contributed by atoms with Gasteiger partial charge < -0.3 is 9.97 Å².